The number of hydrogen-bond acceptors (Lipinski definition) is 3. The first-order valence-electron chi connectivity index (χ1n) is 6.38. The van der Waals surface area contributed by atoms with E-state index in [0.717, 1.165) is 10.8 Å². The highest BCUT2D eigenvalue weighted by molar-refractivity contribution is 5.94. The highest BCUT2D eigenvalue weighted by Gasteiger charge is 2.17. The lowest BCUT2D eigenvalue weighted by atomic mass is 10.1. The lowest BCUT2D eigenvalue weighted by Gasteiger charge is -2.05. The molecule has 1 aromatic heterocycles. The van der Waals surface area contributed by atoms with Gasteiger partial charge in [-0.3, -0.25) is 9.59 Å². The van der Waals surface area contributed by atoms with Crippen molar-refractivity contribution in [3.8, 4) is 0 Å². The van der Waals surface area contributed by atoms with E-state index in [1.54, 1.807) is 4.57 Å². The van der Waals surface area contributed by atoms with Gasteiger partial charge in [0, 0.05) is 18.4 Å². The number of fused-ring (bicyclic) bond motifs is 1. The maximum Gasteiger partial charge on any atom is 0.316 e. The maximum atomic E-state index is 12.1. The summed E-state index contributed by atoms with van der Waals surface area (Å²) in [6, 6.07) is 9.70. The topological polar surface area (TPSA) is 59.3 Å². The molecule has 104 valence electrons. The zero-order valence-electron chi connectivity index (χ0n) is 11.6. The standard InChI is InChI=1S/C15H16N2O3/c1-11(18)20-8-7-16-15(19)14-9-12-5-3-4-6-13(12)10-17(14)2/h3-6,9-10H,7-8H2,1-2H3/p+1. The average molecular weight is 273 g/mol. The van der Waals surface area contributed by atoms with Gasteiger partial charge in [-0.05, 0) is 11.5 Å². The van der Waals surface area contributed by atoms with Crippen molar-refractivity contribution in [3.63, 3.8) is 0 Å². The molecule has 0 radical (unpaired) electrons. The van der Waals surface area contributed by atoms with Crippen LogP contribution in [-0.4, -0.2) is 25.0 Å². The predicted octanol–water partition coefficient (Wildman–Crippen LogP) is 0.957. The third kappa shape index (κ3) is 3.32. The second-order valence-corrected chi connectivity index (χ2v) is 4.49. The van der Waals surface area contributed by atoms with E-state index in [-0.39, 0.29) is 18.5 Å². The number of ether oxygens (including phenoxy) is 1. The number of pyridine rings is 1. The zero-order valence-corrected chi connectivity index (χ0v) is 11.6. The summed E-state index contributed by atoms with van der Waals surface area (Å²) in [4.78, 5) is 22.7. The van der Waals surface area contributed by atoms with E-state index in [1.807, 2.05) is 43.6 Å². The average Bonchev–Trinajstić information content (AvgIpc) is 2.42. The molecule has 0 aliphatic carbocycles. The van der Waals surface area contributed by atoms with Crippen LogP contribution < -0.4 is 9.88 Å². The van der Waals surface area contributed by atoms with Crippen molar-refractivity contribution in [2.24, 2.45) is 7.05 Å². The fourth-order valence-electron chi connectivity index (χ4n) is 1.96. The van der Waals surface area contributed by atoms with Crippen LogP contribution >= 0.6 is 0 Å². The fourth-order valence-corrected chi connectivity index (χ4v) is 1.96. The van der Waals surface area contributed by atoms with Crippen LogP contribution in [0.1, 0.15) is 17.4 Å². The van der Waals surface area contributed by atoms with Crippen molar-refractivity contribution in [1.29, 1.82) is 0 Å². The summed E-state index contributed by atoms with van der Waals surface area (Å²) in [6.45, 7) is 1.81. The quantitative estimate of drug-likeness (QED) is 0.513. The molecule has 0 aliphatic rings. The summed E-state index contributed by atoms with van der Waals surface area (Å²) in [5, 5.41) is 4.81. The van der Waals surface area contributed by atoms with Crippen LogP contribution in [0.2, 0.25) is 0 Å². The number of benzene rings is 1. The van der Waals surface area contributed by atoms with Gasteiger partial charge >= 0.3 is 11.9 Å². The molecule has 1 amide bonds. The van der Waals surface area contributed by atoms with Gasteiger partial charge in [0.25, 0.3) is 5.69 Å². The Hall–Kier alpha value is -2.43. The fraction of sp³-hybridized carbons (Fsp3) is 0.267. The normalized spacial score (nSPS) is 10.3. The Bertz CT molecular complexity index is 653. The Labute approximate surface area is 117 Å². The summed E-state index contributed by atoms with van der Waals surface area (Å²) in [5.74, 6) is -0.541. The summed E-state index contributed by atoms with van der Waals surface area (Å²) in [6.07, 6.45) is 1.91. The summed E-state index contributed by atoms with van der Waals surface area (Å²) in [7, 11) is 1.83. The van der Waals surface area contributed by atoms with Gasteiger partial charge in [0.2, 0.25) is 0 Å². The number of rotatable bonds is 4. The molecular weight excluding hydrogens is 256 g/mol. The third-order valence-corrected chi connectivity index (χ3v) is 2.93. The van der Waals surface area contributed by atoms with Crippen LogP contribution in [0.3, 0.4) is 0 Å². The number of esters is 1. The minimum absolute atomic E-state index is 0.179. The molecular formula is C15H17N2O3+. The predicted molar refractivity (Wildman–Crippen MR) is 74.1 cm³/mol. The van der Waals surface area contributed by atoms with Crippen molar-refractivity contribution < 1.29 is 18.9 Å². The van der Waals surface area contributed by atoms with Crippen molar-refractivity contribution in [1.82, 2.24) is 5.32 Å². The molecule has 5 nitrogen and oxygen atoms in total. The van der Waals surface area contributed by atoms with Gasteiger partial charge in [-0.1, -0.05) is 18.2 Å². The van der Waals surface area contributed by atoms with E-state index >= 15 is 0 Å². The molecule has 1 aromatic carbocycles. The van der Waals surface area contributed by atoms with E-state index < -0.39 is 0 Å². The molecule has 0 atom stereocenters. The molecule has 0 saturated heterocycles. The molecule has 0 saturated carbocycles. The second-order valence-electron chi connectivity index (χ2n) is 4.49. The molecule has 0 fully saturated rings. The number of carbonyl (C=O) groups excluding carboxylic acids is 2. The van der Waals surface area contributed by atoms with Gasteiger partial charge in [-0.25, -0.2) is 0 Å². The molecule has 0 spiro atoms. The monoisotopic (exact) mass is 273 g/mol. The van der Waals surface area contributed by atoms with Crippen LogP contribution in [0.15, 0.2) is 36.5 Å². The van der Waals surface area contributed by atoms with Gasteiger partial charge in [-0.2, -0.15) is 4.57 Å². The second kappa shape index (κ2) is 6.14. The van der Waals surface area contributed by atoms with Crippen LogP contribution in [0, 0.1) is 0 Å². The van der Waals surface area contributed by atoms with Crippen LogP contribution in [0.4, 0.5) is 0 Å². The number of aryl methyl sites for hydroxylation is 1. The Morgan fingerprint density at radius 2 is 1.95 bits per heavy atom. The highest BCUT2D eigenvalue weighted by Crippen LogP contribution is 2.11. The van der Waals surface area contributed by atoms with Gasteiger partial charge in [0.1, 0.15) is 13.7 Å². The zero-order chi connectivity index (χ0) is 14.5. The maximum absolute atomic E-state index is 12.1. The molecule has 0 aliphatic heterocycles. The first kappa shape index (κ1) is 14.0. The number of amides is 1. The van der Waals surface area contributed by atoms with Crippen LogP contribution in [0.5, 0.6) is 0 Å². The van der Waals surface area contributed by atoms with E-state index in [4.69, 9.17) is 4.74 Å². The lowest BCUT2D eigenvalue weighted by molar-refractivity contribution is -0.672. The number of aromatic nitrogens is 1. The van der Waals surface area contributed by atoms with Crippen molar-refractivity contribution in [3.05, 3.63) is 42.2 Å². The van der Waals surface area contributed by atoms with Crippen LogP contribution in [-0.2, 0) is 16.6 Å². The minimum Gasteiger partial charge on any atom is -0.464 e. The molecule has 5 heteroatoms. The third-order valence-electron chi connectivity index (χ3n) is 2.93. The summed E-state index contributed by atoms with van der Waals surface area (Å²) >= 11 is 0. The lowest BCUT2D eigenvalue weighted by Crippen LogP contribution is -2.41. The van der Waals surface area contributed by atoms with Crippen molar-refractivity contribution >= 4 is 22.6 Å². The number of nitrogens with zero attached hydrogens (tertiary/aromatic N) is 1. The molecule has 2 aromatic rings. The summed E-state index contributed by atoms with van der Waals surface area (Å²) < 4.78 is 6.55. The minimum atomic E-state index is -0.351. The van der Waals surface area contributed by atoms with E-state index in [1.165, 1.54) is 6.92 Å². The first-order chi connectivity index (χ1) is 9.58. The first-order valence-corrected chi connectivity index (χ1v) is 6.38. The van der Waals surface area contributed by atoms with Gasteiger partial charge in [0.15, 0.2) is 6.20 Å². The van der Waals surface area contributed by atoms with Gasteiger partial charge < -0.3 is 10.1 Å². The number of carbonyl (C=O) groups is 2. The Morgan fingerprint density at radius 1 is 1.25 bits per heavy atom. The van der Waals surface area contributed by atoms with Gasteiger partial charge in [-0.15, -0.1) is 0 Å². The Morgan fingerprint density at radius 3 is 2.65 bits per heavy atom. The highest BCUT2D eigenvalue weighted by atomic mass is 16.5. The Kier molecular flexibility index (Phi) is 4.30. The molecule has 2 rings (SSSR count). The SMILES string of the molecule is CC(=O)OCCNC(=O)c1cc2ccccc2c[n+]1C. The molecule has 20 heavy (non-hydrogen) atoms. The van der Waals surface area contributed by atoms with Gasteiger partial charge in [0.05, 0.1) is 6.54 Å². The molecule has 1 heterocycles. The number of hydrogen-bond donors (Lipinski definition) is 1. The largest absolute Gasteiger partial charge is 0.464 e. The Balaban J connectivity index is 2.09. The van der Waals surface area contributed by atoms with Crippen LogP contribution in [0.25, 0.3) is 10.8 Å². The number of nitrogens with one attached hydrogen (secondary N) is 1. The molecule has 0 bridgehead atoms. The van der Waals surface area contributed by atoms with E-state index in [9.17, 15) is 9.59 Å². The molecule has 1 N–H and O–H groups in total. The van der Waals surface area contributed by atoms with E-state index in [0.29, 0.717) is 12.2 Å². The smallest absolute Gasteiger partial charge is 0.316 e. The van der Waals surface area contributed by atoms with Crippen molar-refractivity contribution in [2.75, 3.05) is 13.2 Å². The summed E-state index contributed by atoms with van der Waals surface area (Å²) in [5.41, 5.74) is 0.562. The van der Waals surface area contributed by atoms with E-state index in [2.05, 4.69) is 5.32 Å². The van der Waals surface area contributed by atoms with Crippen molar-refractivity contribution in [2.45, 2.75) is 6.92 Å². The molecule has 0 unspecified atom stereocenters.